The van der Waals surface area contributed by atoms with Gasteiger partial charge in [-0.05, 0) is 19.1 Å². The van der Waals surface area contributed by atoms with Gasteiger partial charge in [-0.3, -0.25) is 4.79 Å². The van der Waals surface area contributed by atoms with Gasteiger partial charge < -0.3 is 5.32 Å². The van der Waals surface area contributed by atoms with Crippen LogP contribution in [0.25, 0.3) is 10.9 Å². The molecule has 0 aliphatic carbocycles. The molecule has 1 aromatic carbocycles. The number of nitrogens with one attached hydrogen (secondary N) is 1. The monoisotopic (exact) mass is 378 g/mol. The zero-order valence-electron chi connectivity index (χ0n) is 12.6. The fourth-order valence-electron chi connectivity index (χ4n) is 2.08. The van der Waals surface area contributed by atoms with Gasteiger partial charge in [0, 0.05) is 11.6 Å². The molecule has 1 amide bonds. The summed E-state index contributed by atoms with van der Waals surface area (Å²) in [5, 5.41) is 5.06. The highest BCUT2D eigenvalue weighted by Crippen LogP contribution is 2.26. The number of nitrogens with zero attached hydrogens (tertiary/aromatic N) is 3. The van der Waals surface area contributed by atoms with Gasteiger partial charge in [-0.1, -0.05) is 53.2 Å². The van der Waals surface area contributed by atoms with Gasteiger partial charge in [0.2, 0.25) is 5.91 Å². The Morgan fingerprint density at radius 2 is 2.04 bits per heavy atom. The normalized spacial score (nSPS) is 10.8. The lowest BCUT2D eigenvalue weighted by molar-refractivity contribution is -0.113. The number of aromatic nitrogens is 3. The molecule has 0 aliphatic heterocycles. The quantitative estimate of drug-likeness (QED) is 0.539. The maximum Gasteiger partial charge on any atom is 0.235 e. The average molecular weight is 379 g/mol. The first-order valence-electron chi connectivity index (χ1n) is 7.00. The second-order valence-electron chi connectivity index (χ2n) is 4.91. The summed E-state index contributed by atoms with van der Waals surface area (Å²) in [7, 11) is 0. The molecular weight excluding hydrogens is 367 g/mol. The molecule has 0 atom stereocenters. The number of benzene rings is 1. The lowest BCUT2D eigenvalue weighted by Crippen LogP contribution is -2.15. The van der Waals surface area contributed by atoms with E-state index in [2.05, 4.69) is 20.3 Å². The van der Waals surface area contributed by atoms with Crippen LogP contribution in [-0.4, -0.2) is 26.6 Å². The van der Waals surface area contributed by atoms with Crippen LogP contribution in [-0.2, 0) is 4.79 Å². The molecule has 0 radical (unpaired) electrons. The van der Waals surface area contributed by atoms with Crippen LogP contribution in [0, 0.1) is 6.92 Å². The number of fused-ring (bicyclic) bond motifs is 1. The largest absolute Gasteiger partial charge is 0.309 e. The van der Waals surface area contributed by atoms with Crippen molar-refractivity contribution in [3.8, 4) is 0 Å². The Kier molecular flexibility index (Phi) is 5.18. The molecular formula is C16H12Cl2N4OS. The maximum atomic E-state index is 12.1. The molecule has 2 aromatic heterocycles. The van der Waals surface area contributed by atoms with Crippen LogP contribution in [0.5, 0.6) is 0 Å². The topological polar surface area (TPSA) is 67.8 Å². The number of hydrogen-bond acceptors (Lipinski definition) is 5. The zero-order chi connectivity index (χ0) is 17.1. The smallest absolute Gasteiger partial charge is 0.235 e. The minimum absolute atomic E-state index is 0.182. The van der Waals surface area contributed by atoms with E-state index in [0.717, 1.165) is 15.9 Å². The number of para-hydroxylation sites is 1. The fraction of sp³-hybridized carbons (Fsp3) is 0.125. The summed E-state index contributed by atoms with van der Waals surface area (Å²) < 4.78 is 0. The molecule has 2 heterocycles. The molecule has 0 fully saturated rings. The van der Waals surface area contributed by atoms with Crippen molar-refractivity contribution in [2.75, 3.05) is 11.1 Å². The molecule has 122 valence electrons. The van der Waals surface area contributed by atoms with E-state index in [-0.39, 0.29) is 17.5 Å². The van der Waals surface area contributed by atoms with Gasteiger partial charge in [-0.15, -0.1) is 0 Å². The van der Waals surface area contributed by atoms with Gasteiger partial charge in [-0.2, -0.15) is 0 Å². The average Bonchev–Trinajstić information content (AvgIpc) is 2.55. The number of anilines is 1. The van der Waals surface area contributed by atoms with E-state index < -0.39 is 0 Å². The standard InChI is InChI=1S/C16H12Cl2N4OS/c1-9-20-13-5-3-2-4-11(13)16(21-9)24-8-14(23)22-15-12(18)6-10(17)7-19-15/h2-7H,8H2,1H3,(H,19,22,23). The molecule has 0 saturated carbocycles. The van der Waals surface area contributed by atoms with Gasteiger partial charge in [-0.25, -0.2) is 15.0 Å². The second-order valence-corrected chi connectivity index (χ2v) is 6.72. The van der Waals surface area contributed by atoms with E-state index in [1.165, 1.54) is 24.0 Å². The van der Waals surface area contributed by atoms with Crippen LogP contribution >= 0.6 is 35.0 Å². The number of pyridine rings is 1. The molecule has 0 aliphatic rings. The summed E-state index contributed by atoms with van der Waals surface area (Å²) in [6.07, 6.45) is 1.43. The van der Waals surface area contributed by atoms with Crippen LogP contribution in [0.2, 0.25) is 10.0 Å². The summed E-state index contributed by atoms with van der Waals surface area (Å²) in [5.41, 5.74) is 0.857. The van der Waals surface area contributed by atoms with Gasteiger partial charge in [0.25, 0.3) is 0 Å². The van der Waals surface area contributed by atoms with Crippen LogP contribution in [0.1, 0.15) is 5.82 Å². The third kappa shape index (κ3) is 3.95. The highest BCUT2D eigenvalue weighted by molar-refractivity contribution is 8.00. The Bertz CT molecular complexity index is 920. The van der Waals surface area contributed by atoms with E-state index in [1.54, 1.807) is 0 Å². The molecule has 0 spiro atoms. The van der Waals surface area contributed by atoms with Gasteiger partial charge in [0.05, 0.1) is 21.3 Å². The summed E-state index contributed by atoms with van der Waals surface area (Å²) in [4.78, 5) is 25.0. The highest BCUT2D eigenvalue weighted by Gasteiger charge is 2.11. The Morgan fingerprint density at radius 3 is 2.83 bits per heavy atom. The third-order valence-electron chi connectivity index (χ3n) is 3.09. The zero-order valence-corrected chi connectivity index (χ0v) is 14.9. The first kappa shape index (κ1) is 17.0. The van der Waals surface area contributed by atoms with Gasteiger partial charge in [0.1, 0.15) is 10.9 Å². The number of carbonyl (C=O) groups is 1. The van der Waals surface area contributed by atoms with Crippen LogP contribution in [0.4, 0.5) is 5.82 Å². The summed E-state index contributed by atoms with van der Waals surface area (Å²) in [6.45, 7) is 1.83. The molecule has 3 aromatic rings. The first-order chi connectivity index (χ1) is 11.5. The minimum atomic E-state index is -0.225. The first-order valence-corrected chi connectivity index (χ1v) is 8.74. The van der Waals surface area contributed by atoms with Crippen molar-refractivity contribution in [1.82, 2.24) is 15.0 Å². The second kappa shape index (κ2) is 7.34. The number of aryl methyl sites for hydroxylation is 1. The number of halogens is 2. The molecule has 0 bridgehead atoms. The lowest BCUT2D eigenvalue weighted by atomic mass is 10.2. The number of hydrogen-bond donors (Lipinski definition) is 1. The molecule has 24 heavy (non-hydrogen) atoms. The summed E-state index contributed by atoms with van der Waals surface area (Å²) in [6, 6.07) is 9.23. The maximum absolute atomic E-state index is 12.1. The predicted octanol–water partition coefficient (Wildman–Crippen LogP) is 4.37. The van der Waals surface area contributed by atoms with Crippen LogP contribution in [0.3, 0.4) is 0 Å². The molecule has 1 N–H and O–H groups in total. The van der Waals surface area contributed by atoms with Crippen molar-refractivity contribution < 1.29 is 4.79 Å². The highest BCUT2D eigenvalue weighted by atomic mass is 35.5. The summed E-state index contributed by atoms with van der Waals surface area (Å²) in [5.74, 6) is 0.910. The molecule has 5 nitrogen and oxygen atoms in total. The van der Waals surface area contributed by atoms with Crippen molar-refractivity contribution in [1.29, 1.82) is 0 Å². The van der Waals surface area contributed by atoms with Crippen molar-refractivity contribution in [2.24, 2.45) is 0 Å². The van der Waals surface area contributed by atoms with Crippen molar-refractivity contribution in [3.63, 3.8) is 0 Å². The number of carbonyl (C=O) groups excluding carboxylic acids is 1. The van der Waals surface area contributed by atoms with E-state index in [9.17, 15) is 4.79 Å². The van der Waals surface area contributed by atoms with E-state index in [1.807, 2.05) is 31.2 Å². The SMILES string of the molecule is Cc1nc(SCC(=O)Nc2ncc(Cl)cc2Cl)c2ccccc2n1. The number of amides is 1. The Hall–Kier alpha value is -1.89. The van der Waals surface area contributed by atoms with E-state index in [0.29, 0.717) is 15.9 Å². The molecule has 0 unspecified atom stereocenters. The Morgan fingerprint density at radius 1 is 1.25 bits per heavy atom. The van der Waals surface area contributed by atoms with Crippen molar-refractivity contribution in [3.05, 3.63) is 52.4 Å². The van der Waals surface area contributed by atoms with E-state index >= 15 is 0 Å². The molecule has 0 saturated heterocycles. The number of thioether (sulfide) groups is 1. The third-order valence-corrected chi connectivity index (χ3v) is 4.57. The predicted molar refractivity (Wildman–Crippen MR) is 97.9 cm³/mol. The summed E-state index contributed by atoms with van der Waals surface area (Å²) >= 11 is 13.1. The van der Waals surface area contributed by atoms with Crippen LogP contribution < -0.4 is 5.32 Å². The number of rotatable bonds is 4. The minimum Gasteiger partial charge on any atom is -0.309 e. The lowest BCUT2D eigenvalue weighted by Gasteiger charge is -2.08. The fourth-order valence-corrected chi connectivity index (χ4v) is 3.37. The van der Waals surface area contributed by atoms with Crippen molar-refractivity contribution in [2.45, 2.75) is 11.9 Å². The molecule has 8 heteroatoms. The van der Waals surface area contributed by atoms with Crippen LogP contribution in [0.15, 0.2) is 41.6 Å². The van der Waals surface area contributed by atoms with Gasteiger partial charge >= 0.3 is 0 Å². The van der Waals surface area contributed by atoms with E-state index in [4.69, 9.17) is 23.2 Å². The Balaban J connectivity index is 1.73. The Labute approximate surface area is 152 Å². The van der Waals surface area contributed by atoms with Gasteiger partial charge in [0.15, 0.2) is 5.82 Å². The van der Waals surface area contributed by atoms with Crippen molar-refractivity contribution >= 4 is 57.6 Å². The molecule has 3 rings (SSSR count).